The van der Waals surface area contributed by atoms with Crippen LogP contribution in [0.1, 0.15) is 37.3 Å². The van der Waals surface area contributed by atoms with Crippen molar-refractivity contribution in [2.45, 2.75) is 31.6 Å². The van der Waals surface area contributed by atoms with Crippen LogP contribution >= 0.6 is 11.3 Å². The van der Waals surface area contributed by atoms with E-state index in [0.717, 1.165) is 56.8 Å². The maximum atomic E-state index is 14.8. The summed E-state index contributed by atoms with van der Waals surface area (Å²) < 4.78 is 17.2. The molecule has 1 aliphatic heterocycles. The summed E-state index contributed by atoms with van der Waals surface area (Å²) in [7, 11) is 3.70. The number of hydrogen-bond acceptors (Lipinski definition) is 7. The van der Waals surface area contributed by atoms with Crippen LogP contribution in [0.5, 0.6) is 0 Å². The third kappa shape index (κ3) is 3.45. The van der Waals surface area contributed by atoms with Crippen LogP contribution in [0.2, 0.25) is 0 Å². The van der Waals surface area contributed by atoms with Crippen LogP contribution in [-0.2, 0) is 7.05 Å². The van der Waals surface area contributed by atoms with Gasteiger partial charge in [0.05, 0.1) is 11.2 Å². The van der Waals surface area contributed by atoms with Crippen LogP contribution < -0.4 is 15.4 Å². The molecule has 0 N–H and O–H groups in total. The molecule has 0 spiro atoms. The Hall–Kier alpha value is -2.55. The van der Waals surface area contributed by atoms with E-state index in [1.165, 1.54) is 17.7 Å². The van der Waals surface area contributed by atoms with Gasteiger partial charge in [-0.1, -0.05) is 0 Å². The van der Waals surface area contributed by atoms with Crippen molar-refractivity contribution in [3.63, 3.8) is 0 Å². The first-order chi connectivity index (χ1) is 14.5. The normalized spacial score (nSPS) is 17.6. The van der Waals surface area contributed by atoms with E-state index in [2.05, 4.69) is 14.9 Å². The molecule has 1 saturated heterocycles. The number of hydrogen-bond donors (Lipinski definition) is 0. The Labute approximate surface area is 178 Å². The third-order valence-corrected chi connectivity index (χ3v) is 7.11. The first kappa shape index (κ1) is 19.4. The highest BCUT2D eigenvalue weighted by Crippen LogP contribution is 2.41. The predicted octanol–water partition coefficient (Wildman–Crippen LogP) is 3.15. The van der Waals surface area contributed by atoms with Gasteiger partial charge >= 0.3 is 0 Å². The van der Waals surface area contributed by atoms with Crippen LogP contribution in [0.3, 0.4) is 0 Å². The van der Waals surface area contributed by atoms with E-state index in [9.17, 15) is 9.18 Å². The number of aromatic nitrogens is 4. The van der Waals surface area contributed by atoms with Crippen molar-refractivity contribution < 1.29 is 4.39 Å². The highest BCUT2D eigenvalue weighted by atomic mass is 32.1. The number of thiophene rings is 1. The quantitative estimate of drug-likeness (QED) is 0.622. The van der Waals surface area contributed by atoms with E-state index in [1.807, 2.05) is 23.4 Å². The lowest BCUT2D eigenvalue weighted by atomic mass is 9.96. The van der Waals surface area contributed by atoms with Crippen LogP contribution in [0.25, 0.3) is 10.2 Å². The molecule has 3 aromatic heterocycles. The second-order valence-electron chi connectivity index (χ2n) is 8.39. The van der Waals surface area contributed by atoms with Crippen LogP contribution in [-0.4, -0.2) is 46.2 Å². The fourth-order valence-electron chi connectivity index (χ4n) is 4.33. The van der Waals surface area contributed by atoms with E-state index in [1.54, 1.807) is 11.6 Å². The van der Waals surface area contributed by atoms with Crippen molar-refractivity contribution >= 4 is 33.3 Å². The van der Waals surface area contributed by atoms with Crippen LogP contribution in [0.4, 0.5) is 16.2 Å². The summed E-state index contributed by atoms with van der Waals surface area (Å²) in [5.41, 5.74) is 1.35. The Morgan fingerprint density at radius 3 is 2.73 bits per heavy atom. The molecule has 0 unspecified atom stereocenters. The van der Waals surface area contributed by atoms with Crippen molar-refractivity contribution in [3.05, 3.63) is 39.6 Å². The molecule has 2 aliphatic rings. The zero-order chi connectivity index (χ0) is 20.8. The van der Waals surface area contributed by atoms with Crippen molar-refractivity contribution in [3.8, 4) is 0 Å². The number of piperidine rings is 1. The third-order valence-electron chi connectivity index (χ3n) is 6.22. The lowest BCUT2D eigenvalue weighted by Crippen LogP contribution is -2.40. The largest absolute Gasteiger partial charge is 0.357 e. The molecule has 0 bridgehead atoms. The number of nitrogens with zero attached hydrogens (tertiary/aromatic N) is 6. The van der Waals surface area contributed by atoms with Gasteiger partial charge in [-0.3, -0.25) is 9.36 Å². The second-order valence-corrected chi connectivity index (χ2v) is 9.31. The molecule has 0 amide bonds. The molecule has 2 fully saturated rings. The molecule has 5 rings (SSSR count). The summed E-state index contributed by atoms with van der Waals surface area (Å²) in [6, 6.07) is 1.90. The van der Waals surface area contributed by atoms with Crippen LogP contribution in [0, 0.1) is 11.7 Å². The molecule has 1 aliphatic carbocycles. The standard InChI is InChI=1S/C21H25FN6OS/c1-26(19-16(22)17(14-3-4-14)23-12-24-19)11-13-5-8-28(9-6-13)21-25-15-7-10-30-18(15)20(29)27(21)2/h7,10,12-14H,3-6,8-9,11H2,1-2H3. The number of rotatable bonds is 5. The molecule has 0 aromatic carbocycles. The molecule has 0 atom stereocenters. The first-order valence-corrected chi connectivity index (χ1v) is 11.3. The van der Waals surface area contributed by atoms with E-state index in [0.29, 0.717) is 22.1 Å². The Morgan fingerprint density at radius 1 is 1.23 bits per heavy atom. The van der Waals surface area contributed by atoms with Crippen molar-refractivity contribution in [2.75, 3.05) is 36.5 Å². The fraction of sp³-hybridized carbons (Fsp3) is 0.524. The number of fused-ring (bicyclic) bond motifs is 1. The maximum absolute atomic E-state index is 14.8. The molecule has 1 saturated carbocycles. The van der Waals surface area contributed by atoms with Crippen LogP contribution in [0.15, 0.2) is 22.6 Å². The minimum atomic E-state index is -0.261. The fourth-order valence-corrected chi connectivity index (χ4v) is 5.13. The predicted molar refractivity (Wildman–Crippen MR) is 117 cm³/mol. The van der Waals surface area contributed by atoms with Gasteiger partial charge in [-0.05, 0) is 43.0 Å². The van der Waals surface area contributed by atoms with Gasteiger partial charge in [-0.15, -0.1) is 11.3 Å². The SMILES string of the molecule is CN(CC1CCN(c2nc3ccsc3c(=O)n2C)CC1)c1ncnc(C2CC2)c1F. The van der Waals surface area contributed by atoms with Gasteiger partial charge in [0.15, 0.2) is 11.6 Å². The van der Waals surface area contributed by atoms with Gasteiger partial charge in [-0.25, -0.2) is 19.3 Å². The molecule has 7 nitrogen and oxygen atoms in total. The highest BCUT2D eigenvalue weighted by molar-refractivity contribution is 7.17. The lowest BCUT2D eigenvalue weighted by molar-refractivity contribution is 0.401. The molecular weight excluding hydrogens is 403 g/mol. The summed E-state index contributed by atoms with van der Waals surface area (Å²) in [6.45, 7) is 2.41. The molecular formula is C21H25FN6OS. The molecule has 9 heteroatoms. The summed E-state index contributed by atoms with van der Waals surface area (Å²) in [5, 5.41) is 1.91. The zero-order valence-electron chi connectivity index (χ0n) is 17.2. The topological polar surface area (TPSA) is 67.2 Å². The Bertz CT molecular complexity index is 1130. The summed E-state index contributed by atoms with van der Waals surface area (Å²) in [4.78, 5) is 29.8. The number of anilines is 2. The smallest absolute Gasteiger partial charge is 0.272 e. The maximum Gasteiger partial charge on any atom is 0.272 e. The van der Waals surface area contributed by atoms with Crippen molar-refractivity contribution in [2.24, 2.45) is 13.0 Å². The van der Waals surface area contributed by atoms with Crippen molar-refractivity contribution in [1.29, 1.82) is 0 Å². The van der Waals surface area contributed by atoms with Gasteiger partial charge < -0.3 is 9.80 Å². The van der Waals surface area contributed by atoms with E-state index < -0.39 is 0 Å². The summed E-state index contributed by atoms with van der Waals surface area (Å²) in [6.07, 6.45) is 5.44. The average Bonchev–Trinajstić information content (AvgIpc) is 3.48. The monoisotopic (exact) mass is 428 g/mol. The molecule has 4 heterocycles. The average molecular weight is 429 g/mol. The zero-order valence-corrected chi connectivity index (χ0v) is 18.0. The summed E-state index contributed by atoms with van der Waals surface area (Å²) in [5.74, 6) is 1.58. The van der Waals surface area contributed by atoms with E-state index >= 15 is 0 Å². The van der Waals surface area contributed by atoms with Crippen molar-refractivity contribution in [1.82, 2.24) is 19.5 Å². The Morgan fingerprint density at radius 2 is 2.00 bits per heavy atom. The lowest BCUT2D eigenvalue weighted by Gasteiger charge is -2.35. The van der Waals surface area contributed by atoms with Gasteiger partial charge in [0.2, 0.25) is 5.95 Å². The minimum Gasteiger partial charge on any atom is -0.357 e. The van der Waals surface area contributed by atoms with Gasteiger partial charge in [0.1, 0.15) is 11.0 Å². The Kier molecular flexibility index (Phi) is 4.92. The van der Waals surface area contributed by atoms with E-state index in [-0.39, 0.29) is 17.3 Å². The Balaban J connectivity index is 1.26. The van der Waals surface area contributed by atoms with Gasteiger partial charge in [-0.2, -0.15) is 0 Å². The molecule has 0 radical (unpaired) electrons. The summed E-state index contributed by atoms with van der Waals surface area (Å²) >= 11 is 1.44. The molecule has 3 aromatic rings. The number of halogens is 1. The van der Waals surface area contributed by atoms with E-state index in [4.69, 9.17) is 4.98 Å². The minimum absolute atomic E-state index is 0.0116. The first-order valence-electron chi connectivity index (χ1n) is 10.4. The highest BCUT2D eigenvalue weighted by Gasteiger charge is 2.31. The van der Waals surface area contributed by atoms with Gasteiger partial charge in [0.25, 0.3) is 5.56 Å². The molecule has 30 heavy (non-hydrogen) atoms. The second kappa shape index (κ2) is 7.61. The van der Waals surface area contributed by atoms with Gasteiger partial charge in [0, 0.05) is 39.6 Å². The molecule has 158 valence electrons.